The molecule has 0 bridgehead atoms. The zero-order valence-electron chi connectivity index (χ0n) is 16.5. The number of benzene rings is 2. The lowest BCUT2D eigenvalue weighted by molar-refractivity contribution is -0.121. The van der Waals surface area contributed by atoms with Gasteiger partial charge in [-0.3, -0.25) is 4.79 Å². The molecule has 0 saturated heterocycles. The van der Waals surface area contributed by atoms with E-state index in [0.29, 0.717) is 17.4 Å². The van der Waals surface area contributed by atoms with Crippen molar-refractivity contribution in [3.05, 3.63) is 60.4 Å². The number of para-hydroxylation sites is 2. The van der Waals surface area contributed by atoms with Crippen LogP contribution in [0.2, 0.25) is 0 Å². The second kappa shape index (κ2) is 8.16. The van der Waals surface area contributed by atoms with Crippen LogP contribution in [-0.2, 0) is 4.79 Å². The van der Waals surface area contributed by atoms with Crippen LogP contribution in [0.3, 0.4) is 0 Å². The van der Waals surface area contributed by atoms with Crippen LogP contribution >= 0.6 is 11.8 Å². The Labute approximate surface area is 173 Å². The number of rotatable bonds is 5. The molecular formula is C21H23N5O2S. The van der Waals surface area contributed by atoms with E-state index in [9.17, 15) is 4.79 Å². The van der Waals surface area contributed by atoms with Crippen molar-refractivity contribution in [1.82, 2.24) is 14.8 Å². The standard InChI is InChI=1S/C21H23N5O2S/c1-13-18(20(27)25-16-6-4-5-7-17(16)28-2)19(26-21(24-13)22-12-23-26)14-8-10-15(29-3)11-9-14/h4-13,18-19H,1-3H3,(H,25,27)(H,22,23,24)/t13-,18-,19-/m1/s1. The molecule has 1 amide bonds. The second-order valence-corrected chi connectivity index (χ2v) is 7.77. The Morgan fingerprint density at radius 2 is 1.97 bits per heavy atom. The molecule has 150 valence electrons. The Hall–Kier alpha value is -3.00. The number of carbonyl (C=O) groups excluding carboxylic acids is 1. The Kier molecular flexibility index (Phi) is 5.44. The van der Waals surface area contributed by atoms with Gasteiger partial charge in [0.2, 0.25) is 11.9 Å². The predicted molar refractivity (Wildman–Crippen MR) is 115 cm³/mol. The summed E-state index contributed by atoms with van der Waals surface area (Å²) in [4.78, 5) is 18.9. The summed E-state index contributed by atoms with van der Waals surface area (Å²) in [5.41, 5.74) is 1.66. The third-order valence-electron chi connectivity index (χ3n) is 5.20. The van der Waals surface area contributed by atoms with E-state index in [4.69, 9.17) is 4.74 Å². The molecule has 4 rings (SSSR count). The number of methoxy groups -OCH3 is 1. The van der Waals surface area contributed by atoms with Gasteiger partial charge in [0.15, 0.2) is 0 Å². The van der Waals surface area contributed by atoms with Crippen LogP contribution in [0.1, 0.15) is 18.5 Å². The molecule has 1 aliphatic heterocycles. The van der Waals surface area contributed by atoms with Crippen LogP contribution in [0.15, 0.2) is 59.8 Å². The molecule has 0 unspecified atom stereocenters. The van der Waals surface area contributed by atoms with Gasteiger partial charge in [-0.25, -0.2) is 4.68 Å². The van der Waals surface area contributed by atoms with Crippen LogP contribution < -0.4 is 15.4 Å². The summed E-state index contributed by atoms with van der Waals surface area (Å²) >= 11 is 1.68. The van der Waals surface area contributed by atoms with Gasteiger partial charge in [-0.15, -0.1) is 11.8 Å². The fraction of sp³-hybridized carbons (Fsp3) is 0.286. The normalized spacial score (nSPS) is 20.4. The molecule has 3 aromatic rings. The zero-order chi connectivity index (χ0) is 20.4. The number of hydrogen-bond donors (Lipinski definition) is 2. The number of aromatic nitrogens is 3. The van der Waals surface area contributed by atoms with E-state index in [1.54, 1.807) is 23.6 Å². The molecule has 2 aromatic carbocycles. The average Bonchev–Trinajstić information content (AvgIpc) is 3.21. The van der Waals surface area contributed by atoms with Gasteiger partial charge in [0.1, 0.15) is 12.1 Å². The molecule has 0 aliphatic carbocycles. The van der Waals surface area contributed by atoms with E-state index in [-0.39, 0.29) is 18.0 Å². The molecule has 29 heavy (non-hydrogen) atoms. The first-order valence-electron chi connectivity index (χ1n) is 9.36. The van der Waals surface area contributed by atoms with Gasteiger partial charge in [-0.2, -0.15) is 10.1 Å². The fourth-order valence-electron chi connectivity index (χ4n) is 3.76. The Balaban J connectivity index is 1.71. The number of ether oxygens (including phenoxy) is 1. The van der Waals surface area contributed by atoms with Crippen molar-refractivity contribution < 1.29 is 9.53 Å². The van der Waals surface area contributed by atoms with Gasteiger partial charge < -0.3 is 15.4 Å². The van der Waals surface area contributed by atoms with Crippen molar-refractivity contribution in [1.29, 1.82) is 0 Å². The molecule has 2 N–H and O–H groups in total. The minimum absolute atomic E-state index is 0.102. The van der Waals surface area contributed by atoms with Gasteiger partial charge in [-0.1, -0.05) is 24.3 Å². The van der Waals surface area contributed by atoms with Crippen LogP contribution in [0.5, 0.6) is 5.75 Å². The van der Waals surface area contributed by atoms with E-state index in [0.717, 1.165) is 5.56 Å². The maximum atomic E-state index is 13.4. The molecule has 0 spiro atoms. The number of nitrogens with one attached hydrogen (secondary N) is 2. The molecule has 7 nitrogen and oxygen atoms in total. The number of amides is 1. The zero-order valence-corrected chi connectivity index (χ0v) is 17.3. The SMILES string of the molecule is COc1ccccc1NC(=O)[C@H]1[C@@H](c2ccc(SC)cc2)n2ncnc2N[C@@H]1C. The summed E-state index contributed by atoms with van der Waals surface area (Å²) < 4.78 is 7.17. The van der Waals surface area contributed by atoms with Crippen LogP contribution in [0.25, 0.3) is 0 Å². The molecule has 1 aliphatic rings. The second-order valence-electron chi connectivity index (χ2n) is 6.89. The number of carbonyl (C=O) groups is 1. The Morgan fingerprint density at radius 3 is 2.69 bits per heavy atom. The van der Waals surface area contributed by atoms with Gasteiger partial charge in [0.05, 0.1) is 24.8 Å². The van der Waals surface area contributed by atoms with Gasteiger partial charge in [-0.05, 0) is 43.0 Å². The van der Waals surface area contributed by atoms with Crippen LogP contribution in [-0.4, -0.2) is 40.1 Å². The number of hydrogen-bond acceptors (Lipinski definition) is 6. The van der Waals surface area contributed by atoms with Crippen molar-refractivity contribution in [2.45, 2.75) is 23.9 Å². The van der Waals surface area contributed by atoms with Crippen LogP contribution in [0.4, 0.5) is 11.6 Å². The first-order chi connectivity index (χ1) is 14.1. The molecule has 0 radical (unpaired) electrons. The topological polar surface area (TPSA) is 81.1 Å². The van der Waals surface area contributed by atoms with Crippen molar-refractivity contribution >= 4 is 29.3 Å². The van der Waals surface area contributed by atoms with Gasteiger partial charge >= 0.3 is 0 Å². The Bertz CT molecular complexity index is 1000. The number of thioether (sulfide) groups is 1. The van der Waals surface area contributed by atoms with Gasteiger partial charge in [0, 0.05) is 10.9 Å². The van der Waals surface area contributed by atoms with E-state index in [1.165, 1.54) is 11.2 Å². The molecule has 0 saturated carbocycles. The molecule has 8 heteroatoms. The number of fused-ring (bicyclic) bond motifs is 1. The summed E-state index contributed by atoms with van der Waals surface area (Å²) in [6.07, 6.45) is 3.56. The molecular weight excluding hydrogens is 386 g/mol. The smallest absolute Gasteiger partial charge is 0.232 e. The highest BCUT2D eigenvalue weighted by molar-refractivity contribution is 7.98. The lowest BCUT2D eigenvalue weighted by Crippen LogP contribution is -2.46. The molecule has 0 fully saturated rings. The summed E-state index contributed by atoms with van der Waals surface area (Å²) in [6.45, 7) is 1.99. The first-order valence-corrected chi connectivity index (χ1v) is 10.6. The minimum atomic E-state index is -0.394. The van der Waals surface area contributed by atoms with Crippen molar-refractivity contribution in [2.24, 2.45) is 5.92 Å². The third-order valence-corrected chi connectivity index (χ3v) is 5.94. The van der Waals surface area contributed by atoms with E-state index < -0.39 is 5.92 Å². The first kappa shape index (κ1) is 19.3. The van der Waals surface area contributed by atoms with Crippen molar-refractivity contribution in [3.8, 4) is 5.75 Å². The highest BCUT2D eigenvalue weighted by Gasteiger charge is 2.41. The fourth-order valence-corrected chi connectivity index (χ4v) is 4.17. The lowest BCUT2D eigenvalue weighted by atomic mass is 9.85. The summed E-state index contributed by atoms with van der Waals surface area (Å²) in [5, 5.41) is 10.7. The maximum Gasteiger partial charge on any atom is 0.232 e. The predicted octanol–water partition coefficient (Wildman–Crippen LogP) is 3.67. The molecule has 3 atom stereocenters. The molecule has 2 heterocycles. The lowest BCUT2D eigenvalue weighted by Gasteiger charge is -2.37. The van der Waals surface area contributed by atoms with Gasteiger partial charge in [0.25, 0.3) is 0 Å². The highest BCUT2D eigenvalue weighted by Crippen LogP contribution is 2.37. The van der Waals surface area contributed by atoms with E-state index in [2.05, 4.69) is 45.0 Å². The summed E-state index contributed by atoms with van der Waals surface area (Å²) in [6, 6.07) is 15.3. The average molecular weight is 410 g/mol. The highest BCUT2D eigenvalue weighted by atomic mass is 32.2. The maximum absolute atomic E-state index is 13.4. The van der Waals surface area contributed by atoms with E-state index in [1.807, 2.05) is 37.4 Å². The minimum Gasteiger partial charge on any atom is -0.495 e. The molecule has 1 aromatic heterocycles. The summed E-state index contributed by atoms with van der Waals surface area (Å²) in [7, 11) is 1.59. The van der Waals surface area contributed by atoms with Crippen molar-refractivity contribution in [2.75, 3.05) is 24.0 Å². The third kappa shape index (κ3) is 3.67. The largest absolute Gasteiger partial charge is 0.495 e. The number of nitrogens with zero attached hydrogens (tertiary/aromatic N) is 3. The number of anilines is 2. The summed E-state index contributed by atoms with van der Waals surface area (Å²) in [5.74, 6) is 0.793. The monoisotopic (exact) mass is 409 g/mol. The quantitative estimate of drug-likeness (QED) is 0.626. The Morgan fingerprint density at radius 1 is 1.21 bits per heavy atom. The van der Waals surface area contributed by atoms with Crippen molar-refractivity contribution in [3.63, 3.8) is 0 Å². The van der Waals surface area contributed by atoms with Crippen LogP contribution in [0, 0.1) is 5.92 Å². The van der Waals surface area contributed by atoms with E-state index >= 15 is 0 Å².